The van der Waals surface area contributed by atoms with E-state index in [0.29, 0.717) is 13.0 Å². The van der Waals surface area contributed by atoms with Gasteiger partial charge >= 0.3 is 0 Å². The highest BCUT2D eigenvalue weighted by atomic mass is 16.2. The normalized spacial score (nSPS) is 14.1. The second-order valence-corrected chi connectivity index (χ2v) is 3.62. The Balaban J connectivity index is 2.28. The molecule has 2 rings (SSSR count). The first-order valence-electron chi connectivity index (χ1n) is 4.81. The Morgan fingerprint density at radius 2 is 2.20 bits per heavy atom. The maximum absolute atomic E-state index is 11.2. The van der Waals surface area contributed by atoms with Crippen molar-refractivity contribution in [3.05, 3.63) is 29.3 Å². The van der Waals surface area contributed by atoms with Crippen LogP contribution >= 0.6 is 0 Å². The lowest BCUT2D eigenvalue weighted by Gasteiger charge is -2.17. The molecule has 0 aromatic heterocycles. The van der Waals surface area contributed by atoms with E-state index in [1.54, 1.807) is 0 Å². The highest BCUT2D eigenvalue weighted by Crippen LogP contribution is 2.19. The second-order valence-electron chi connectivity index (χ2n) is 3.62. The van der Waals surface area contributed by atoms with Gasteiger partial charge in [0.05, 0.1) is 6.42 Å². The molecule has 1 heterocycles. The minimum Gasteiger partial charge on any atom is -0.352 e. The van der Waals surface area contributed by atoms with E-state index in [1.165, 1.54) is 6.92 Å². The van der Waals surface area contributed by atoms with Crippen molar-refractivity contribution >= 4 is 17.5 Å². The SMILES string of the molecule is CC(=O)Nc1ccc2c(c1)CC(=O)NC2. The molecule has 0 aliphatic carbocycles. The molecule has 1 aliphatic rings. The average molecular weight is 204 g/mol. The minimum absolute atomic E-state index is 0.0301. The third-order valence-corrected chi connectivity index (χ3v) is 2.35. The van der Waals surface area contributed by atoms with Crippen LogP contribution < -0.4 is 10.6 Å². The molecular weight excluding hydrogens is 192 g/mol. The van der Waals surface area contributed by atoms with Crippen LogP contribution in [0.15, 0.2) is 18.2 Å². The number of carbonyl (C=O) groups excluding carboxylic acids is 2. The Morgan fingerprint density at radius 3 is 2.93 bits per heavy atom. The van der Waals surface area contributed by atoms with Crippen molar-refractivity contribution in [3.8, 4) is 0 Å². The molecule has 0 radical (unpaired) electrons. The summed E-state index contributed by atoms with van der Waals surface area (Å²) in [5.74, 6) is -0.0716. The molecule has 1 aromatic carbocycles. The molecule has 2 N–H and O–H groups in total. The van der Waals surface area contributed by atoms with E-state index in [4.69, 9.17) is 0 Å². The third kappa shape index (κ3) is 2.15. The molecule has 78 valence electrons. The van der Waals surface area contributed by atoms with Gasteiger partial charge in [0.1, 0.15) is 0 Å². The van der Waals surface area contributed by atoms with Crippen LogP contribution in [-0.2, 0) is 22.6 Å². The molecule has 0 saturated carbocycles. The highest BCUT2D eigenvalue weighted by molar-refractivity contribution is 5.89. The summed E-state index contributed by atoms with van der Waals surface area (Å²) in [5.41, 5.74) is 2.85. The molecule has 4 heteroatoms. The van der Waals surface area contributed by atoms with Crippen molar-refractivity contribution in [3.63, 3.8) is 0 Å². The first-order valence-corrected chi connectivity index (χ1v) is 4.81. The van der Waals surface area contributed by atoms with Crippen LogP contribution in [0.2, 0.25) is 0 Å². The van der Waals surface area contributed by atoms with Crippen LogP contribution in [0.25, 0.3) is 0 Å². The molecule has 1 aliphatic heterocycles. The smallest absolute Gasteiger partial charge is 0.224 e. The zero-order valence-electron chi connectivity index (χ0n) is 8.46. The van der Waals surface area contributed by atoms with Gasteiger partial charge < -0.3 is 10.6 Å². The molecule has 0 spiro atoms. The predicted molar refractivity (Wildman–Crippen MR) is 56.3 cm³/mol. The van der Waals surface area contributed by atoms with E-state index in [0.717, 1.165) is 16.8 Å². The summed E-state index contributed by atoms with van der Waals surface area (Å²) in [7, 11) is 0. The van der Waals surface area contributed by atoms with E-state index in [1.807, 2.05) is 18.2 Å². The number of hydrogen-bond donors (Lipinski definition) is 2. The van der Waals surface area contributed by atoms with E-state index in [9.17, 15) is 9.59 Å². The Bertz CT molecular complexity index is 427. The van der Waals surface area contributed by atoms with Crippen molar-refractivity contribution in [1.29, 1.82) is 0 Å². The molecule has 0 saturated heterocycles. The van der Waals surface area contributed by atoms with Crippen LogP contribution in [0.1, 0.15) is 18.1 Å². The van der Waals surface area contributed by atoms with Crippen molar-refractivity contribution in [2.45, 2.75) is 19.9 Å². The summed E-state index contributed by atoms with van der Waals surface area (Å²) in [4.78, 5) is 22.0. The number of nitrogens with one attached hydrogen (secondary N) is 2. The average Bonchev–Trinajstić information content (AvgIpc) is 2.16. The first-order chi connectivity index (χ1) is 7.15. The van der Waals surface area contributed by atoms with Gasteiger partial charge in [0.15, 0.2) is 0 Å². The van der Waals surface area contributed by atoms with Crippen molar-refractivity contribution in [2.75, 3.05) is 5.32 Å². The highest BCUT2D eigenvalue weighted by Gasteiger charge is 2.14. The molecule has 4 nitrogen and oxygen atoms in total. The minimum atomic E-state index is -0.102. The van der Waals surface area contributed by atoms with Gasteiger partial charge in [-0.15, -0.1) is 0 Å². The molecular formula is C11H12N2O2. The van der Waals surface area contributed by atoms with Crippen LogP contribution in [0.5, 0.6) is 0 Å². The van der Waals surface area contributed by atoms with E-state index in [-0.39, 0.29) is 11.8 Å². The van der Waals surface area contributed by atoms with Gasteiger partial charge in [0.25, 0.3) is 0 Å². The predicted octanol–water partition coefficient (Wildman–Crippen LogP) is 0.817. The summed E-state index contributed by atoms with van der Waals surface area (Å²) in [5, 5.41) is 5.47. The largest absolute Gasteiger partial charge is 0.352 e. The topological polar surface area (TPSA) is 58.2 Å². The molecule has 0 atom stereocenters. The Kier molecular flexibility index (Phi) is 2.41. The van der Waals surface area contributed by atoms with Crippen LogP contribution in [0.4, 0.5) is 5.69 Å². The number of amides is 2. The molecule has 2 amide bonds. The molecule has 15 heavy (non-hydrogen) atoms. The number of anilines is 1. The maximum Gasteiger partial charge on any atom is 0.224 e. The fraction of sp³-hybridized carbons (Fsp3) is 0.273. The summed E-state index contributed by atoms with van der Waals surface area (Å²) >= 11 is 0. The second kappa shape index (κ2) is 3.73. The van der Waals surface area contributed by atoms with E-state index in [2.05, 4.69) is 10.6 Å². The van der Waals surface area contributed by atoms with Gasteiger partial charge in [-0.05, 0) is 23.3 Å². The third-order valence-electron chi connectivity index (χ3n) is 2.35. The summed E-state index contributed by atoms with van der Waals surface area (Å²) < 4.78 is 0. The van der Waals surface area contributed by atoms with Crippen LogP contribution in [0, 0.1) is 0 Å². The van der Waals surface area contributed by atoms with E-state index < -0.39 is 0 Å². The van der Waals surface area contributed by atoms with E-state index >= 15 is 0 Å². The first kappa shape index (κ1) is 9.71. The molecule has 0 unspecified atom stereocenters. The monoisotopic (exact) mass is 204 g/mol. The summed E-state index contributed by atoms with van der Waals surface area (Å²) in [6.45, 7) is 2.04. The fourth-order valence-corrected chi connectivity index (χ4v) is 1.67. The Morgan fingerprint density at radius 1 is 1.40 bits per heavy atom. The zero-order chi connectivity index (χ0) is 10.8. The quantitative estimate of drug-likeness (QED) is 0.711. The number of fused-ring (bicyclic) bond motifs is 1. The standard InChI is InChI=1S/C11H12N2O2/c1-7(14)13-10-3-2-8-6-12-11(15)5-9(8)4-10/h2-4H,5-6H2,1H3,(H,12,15)(H,13,14). The van der Waals surface area contributed by atoms with Gasteiger partial charge in [0.2, 0.25) is 11.8 Å². The Hall–Kier alpha value is -1.84. The lowest BCUT2D eigenvalue weighted by molar-refractivity contribution is -0.121. The summed E-state index contributed by atoms with van der Waals surface area (Å²) in [6.07, 6.45) is 0.392. The van der Waals surface area contributed by atoms with Crippen molar-refractivity contribution < 1.29 is 9.59 Å². The molecule has 1 aromatic rings. The zero-order valence-corrected chi connectivity index (χ0v) is 8.46. The maximum atomic E-state index is 11.2. The van der Waals surface area contributed by atoms with Gasteiger partial charge in [0, 0.05) is 19.2 Å². The van der Waals surface area contributed by atoms with Gasteiger partial charge in [-0.25, -0.2) is 0 Å². The van der Waals surface area contributed by atoms with Crippen molar-refractivity contribution in [2.24, 2.45) is 0 Å². The number of hydrogen-bond acceptors (Lipinski definition) is 2. The lowest BCUT2D eigenvalue weighted by Crippen LogP contribution is -2.30. The lowest BCUT2D eigenvalue weighted by atomic mass is 10.00. The van der Waals surface area contributed by atoms with Crippen LogP contribution in [0.3, 0.4) is 0 Å². The number of rotatable bonds is 1. The van der Waals surface area contributed by atoms with Gasteiger partial charge in [-0.2, -0.15) is 0 Å². The fourth-order valence-electron chi connectivity index (χ4n) is 1.67. The summed E-state index contributed by atoms with van der Waals surface area (Å²) in [6, 6.07) is 5.63. The van der Waals surface area contributed by atoms with Gasteiger partial charge in [-0.3, -0.25) is 9.59 Å². The molecule has 0 bridgehead atoms. The van der Waals surface area contributed by atoms with Gasteiger partial charge in [-0.1, -0.05) is 6.07 Å². The number of carbonyl (C=O) groups is 2. The Labute approximate surface area is 87.7 Å². The van der Waals surface area contributed by atoms with Crippen molar-refractivity contribution in [1.82, 2.24) is 5.32 Å². The molecule has 0 fully saturated rings. The number of benzene rings is 1. The van der Waals surface area contributed by atoms with Crippen LogP contribution in [-0.4, -0.2) is 11.8 Å².